The van der Waals surface area contributed by atoms with Crippen molar-refractivity contribution < 1.29 is 4.79 Å². The van der Waals surface area contributed by atoms with E-state index in [1.54, 1.807) is 41.5 Å². The molecule has 3 rings (SSSR count). The van der Waals surface area contributed by atoms with Crippen LogP contribution in [0.15, 0.2) is 59.9 Å². The van der Waals surface area contributed by atoms with E-state index in [0.717, 1.165) is 5.56 Å². The molecule has 0 radical (unpaired) electrons. The summed E-state index contributed by atoms with van der Waals surface area (Å²) < 4.78 is 1.63. The molecule has 2 N–H and O–H groups in total. The SMILES string of the molecule is O=C(NCc1ccnc(-n2cccn2)c1)c1ccc[nH]c1=O. The molecule has 110 valence electrons. The number of carbonyl (C=O) groups excluding carboxylic acids is 1. The van der Waals surface area contributed by atoms with Crippen LogP contribution < -0.4 is 10.9 Å². The van der Waals surface area contributed by atoms with Crippen molar-refractivity contribution in [2.75, 3.05) is 0 Å². The van der Waals surface area contributed by atoms with Gasteiger partial charge in [-0.05, 0) is 35.9 Å². The van der Waals surface area contributed by atoms with Gasteiger partial charge in [0.2, 0.25) is 0 Å². The third kappa shape index (κ3) is 2.93. The van der Waals surface area contributed by atoms with Gasteiger partial charge in [0.1, 0.15) is 5.56 Å². The summed E-state index contributed by atoms with van der Waals surface area (Å²) in [6.07, 6.45) is 6.58. The maximum atomic E-state index is 12.0. The summed E-state index contributed by atoms with van der Waals surface area (Å²) in [7, 11) is 0. The van der Waals surface area contributed by atoms with Crippen molar-refractivity contribution in [2.24, 2.45) is 0 Å². The molecular formula is C15H13N5O2. The standard InChI is InChI=1S/C15H13N5O2/c21-14-12(3-1-5-17-14)15(22)18-10-11-4-7-16-13(9-11)20-8-2-6-19-20/h1-9H,10H2,(H,17,21)(H,18,22). The number of amides is 1. The third-order valence-corrected chi connectivity index (χ3v) is 3.06. The van der Waals surface area contributed by atoms with Crippen LogP contribution in [0.3, 0.4) is 0 Å². The highest BCUT2D eigenvalue weighted by molar-refractivity contribution is 5.93. The lowest BCUT2D eigenvalue weighted by Gasteiger charge is -2.06. The summed E-state index contributed by atoms with van der Waals surface area (Å²) in [5.74, 6) is 0.244. The molecule has 0 bridgehead atoms. The summed E-state index contributed by atoms with van der Waals surface area (Å²) in [6, 6.07) is 8.51. The highest BCUT2D eigenvalue weighted by atomic mass is 16.2. The molecule has 0 unspecified atom stereocenters. The lowest BCUT2D eigenvalue weighted by molar-refractivity contribution is 0.0949. The van der Waals surface area contributed by atoms with Crippen LogP contribution >= 0.6 is 0 Å². The molecular weight excluding hydrogens is 282 g/mol. The van der Waals surface area contributed by atoms with Crippen molar-refractivity contribution in [2.45, 2.75) is 6.54 Å². The molecule has 0 aromatic carbocycles. The van der Waals surface area contributed by atoms with Gasteiger partial charge in [0, 0.05) is 31.3 Å². The molecule has 0 aliphatic carbocycles. The Morgan fingerprint density at radius 2 is 2.18 bits per heavy atom. The fourth-order valence-electron chi connectivity index (χ4n) is 1.98. The Labute approximate surface area is 125 Å². The van der Waals surface area contributed by atoms with Crippen LogP contribution in [-0.4, -0.2) is 25.7 Å². The molecule has 7 heteroatoms. The molecule has 0 aliphatic rings. The van der Waals surface area contributed by atoms with Crippen molar-refractivity contribution in [3.63, 3.8) is 0 Å². The Hall–Kier alpha value is -3.22. The average molecular weight is 295 g/mol. The monoisotopic (exact) mass is 295 g/mol. The van der Waals surface area contributed by atoms with Crippen LogP contribution in [-0.2, 0) is 6.54 Å². The Balaban J connectivity index is 1.72. The first-order chi connectivity index (χ1) is 10.7. The van der Waals surface area contributed by atoms with Crippen LogP contribution in [0.1, 0.15) is 15.9 Å². The van der Waals surface area contributed by atoms with Crippen molar-refractivity contribution >= 4 is 5.91 Å². The summed E-state index contributed by atoms with van der Waals surface area (Å²) in [4.78, 5) is 30.2. The number of hydrogen-bond acceptors (Lipinski definition) is 4. The lowest BCUT2D eigenvalue weighted by atomic mass is 10.2. The van der Waals surface area contributed by atoms with Gasteiger partial charge in [-0.3, -0.25) is 9.59 Å². The van der Waals surface area contributed by atoms with Gasteiger partial charge in [0.05, 0.1) is 0 Å². The molecule has 0 aliphatic heterocycles. The highest BCUT2D eigenvalue weighted by Crippen LogP contribution is 2.06. The predicted octanol–water partition coefficient (Wildman–Crippen LogP) is 0.886. The van der Waals surface area contributed by atoms with Crippen molar-refractivity contribution in [1.29, 1.82) is 0 Å². The maximum Gasteiger partial charge on any atom is 0.260 e. The maximum absolute atomic E-state index is 12.0. The number of aromatic nitrogens is 4. The van der Waals surface area contributed by atoms with Crippen LogP contribution in [0, 0.1) is 0 Å². The minimum Gasteiger partial charge on any atom is -0.348 e. The summed E-state index contributed by atoms with van der Waals surface area (Å²) in [6.45, 7) is 0.296. The highest BCUT2D eigenvalue weighted by Gasteiger charge is 2.09. The first-order valence-corrected chi connectivity index (χ1v) is 6.65. The minimum atomic E-state index is -0.417. The largest absolute Gasteiger partial charge is 0.348 e. The minimum absolute atomic E-state index is 0.0869. The molecule has 3 aromatic heterocycles. The number of hydrogen-bond donors (Lipinski definition) is 2. The van der Waals surface area contributed by atoms with Gasteiger partial charge in [-0.1, -0.05) is 0 Å². The topological polar surface area (TPSA) is 92.7 Å². The fourth-order valence-corrected chi connectivity index (χ4v) is 1.98. The Morgan fingerprint density at radius 1 is 1.27 bits per heavy atom. The lowest BCUT2D eigenvalue weighted by Crippen LogP contribution is -2.28. The number of aromatic amines is 1. The van der Waals surface area contributed by atoms with Gasteiger partial charge in [-0.15, -0.1) is 0 Å². The third-order valence-electron chi connectivity index (χ3n) is 3.06. The molecule has 7 nitrogen and oxygen atoms in total. The fraction of sp³-hybridized carbons (Fsp3) is 0.0667. The molecule has 1 amide bonds. The van der Waals surface area contributed by atoms with E-state index < -0.39 is 11.5 Å². The van der Waals surface area contributed by atoms with E-state index in [1.165, 1.54) is 12.3 Å². The smallest absolute Gasteiger partial charge is 0.260 e. The second-order valence-corrected chi connectivity index (χ2v) is 4.57. The van der Waals surface area contributed by atoms with Crippen LogP contribution in [0.25, 0.3) is 5.82 Å². The number of carbonyl (C=O) groups is 1. The number of nitrogens with one attached hydrogen (secondary N) is 2. The Bertz CT molecular complexity index is 839. The number of rotatable bonds is 4. The van der Waals surface area contributed by atoms with E-state index in [-0.39, 0.29) is 5.56 Å². The molecule has 0 saturated carbocycles. The van der Waals surface area contributed by atoms with Gasteiger partial charge in [-0.25, -0.2) is 9.67 Å². The van der Waals surface area contributed by atoms with Gasteiger partial charge < -0.3 is 10.3 Å². The van der Waals surface area contributed by atoms with Crippen LogP contribution in [0.2, 0.25) is 0 Å². The first kappa shape index (κ1) is 13.7. The summed E-state index contributed by atoms with van der Waals surface area (Å²) in [5, 5.41) is 6.82. The van der Waals surface area contributed by atoms with Gasteiger partial charge in [0.25, 0.3) is 11.5 Å². The zero-order chi connectivity index (χ0) is 15.4. The normalized spacial score (nSPS) is 10.4. The summed E-state index contributed by atoms with van der Waals surface area (Å²) >= 11 is 0. The average Bonchev–Trinajstić information content (AvgIpc) is 3.08. The van der Waals surface area contributed by atoms with E-state index in [4.69, 9.17) is 0 Å². The molecule has 0 spiro atoms. The van der Waals surface area contributed by atoms with Crippen LogP contribution in [0.5, 0.6) is 0 Å². The van der Waals surface area contributed by atoms with Crippen LogP contribution in [0.4, 0.5) is 0 Å². The van der Waals surface area contributed by atoms with Gasteiger partial charge >= 0.3 is 0 Å². The predicted molar refractivity (Wildman–Crippen MR) is 79.6 cm³/mol. The quantitative estimate of drug-likeness (QED) is 0.747. The van der Waals surface area contributed by atoms with E-state index >= 15 is 0 Å². The van der Waals surface area contributed by atoms with E-state index in [0.29, 0.717) is 12.4 Å². The van der Waals surface area contributed by atoms with Crippen molar-refractivity contribution in [1.82, 2.24) is 25.1 Å². The van der Waals surface area contributed by atoms with E-state index in [1.807, 2.05) is 6.07 Å². The summed E-state index contributed by atoms with van der Waals surface area (Å²) in [5.41, 5.74) is 0.539. The molecule has 0 fully saturated rings. The Kier molecular flexibility index (Phi) is 3.78. The van der Waals surface area contributed by atoms with Gasteiger partial charge in [0.15, 0.2) is 5.82 Å². The Morgan fingerprint density at radius 3 is 2.95 bits per heavy atom. The molecule has 3 heterocycles. The number of nitrogens with zero attached hydrogens (tertiary/aromatic N) is 3. The molecule has 0 atom stereocenters. The zero-order valence-electron chi connectivity index (χ0n) is 11.6. The molecule has 22 heavy (non-hydrogen) atoms. The zero-order valence-corrected chi connectivity index (χ0v) is 11.6. The van der Waals surface area contributed by atoms with E-state index in [9.17, 15) is 9.59 Å². The first-order valence-electron chi connectivity index (χ1n) is 6.65. The van der Waals surface area contributed by atoms with E-state index in [2.05, 4.69) is 20.4 Å². The van der Waals surface area contributed by atoms with Crippen molar-refractivity contribution in [3.05, 3.63) is 76.6 Å². The second kappa shape index (κ2) is 6.04. The number of pyridine rings is 2. The second-order valence-electron chi connectivity index (χ2n) is 4.57. The molecule has 0 saturated heterocycles. The van der Waals surface area contributed by atoms with Crippen molar-refractivity contribution in [3.8, 4) is 5.82 Å². The van der Waals surface area contributed by atoms with Gasteiger partial charge in [-0.2, -0.15) is 5.10 Å². The molecule has 3 aromatic rings. The number of H-pyrrole nitrogens is 1.